The Kier molecular flexibility index (Phi) is 8.11. The van der Waals surface area contributed by atoms with Crippen molar-refractivity contribution in [2.45, 2.75) is 19.0 Å². The number of halogens is 1. The Morgan fingerprint density at radius 3 is 2.80 bits per heavy atom. The predicted octanol–water partition coefficient (Wildman–Crippen LogP) is 1.40. The summed E-state index contributed by atoms with van der Waals surface area (Å²) in [6, 6.07) is 7.00. The molecule has 1 aromatic rings. The highest BCUT2D eigenvalue weighted by molar-refractivity contribution is 5.80. The molecule has 7 heteroatoms. The van der Waals surface area contributed by atoms with Crippen LogP contribution in [0.1, 0.15) is 18.5 Å². The number of benzene rings is 1. The number of rotatable bonds is 7. The number of morpholine rings is 1. The average molecular weight is 352 g/mol. The minimum Gasteiger partial charge on any atom is -0.383 e. The third-order valence-electron chi connectivity index (χ3n) is 4.21. The number of nitrogens with one attached hydrogen (secondary N) is 2. The monoisotopic (exact) mass is 352 g/mol. The number of hydrogen-bond donors (Lipinski definition) is 2. The van der Waals surface area contributed by atoms with Gasteiger partial charge >= 0.3 is 0 Å². The molecule has 2 rings (SSSR count). The van der Waals surface area contributed by atoms with Crippen molar-refractivity contribution >= 4 is 5.96 Å². The molecule has 2 atom stereocenters. The van der Waals surface area contributed by atoms with Gasteiger partial charge in [0.25, 0.3) is 0 Å². The van der Waals surface area contributed by atoms with Gasteiger partial charge in [-0.2, -0.15) is 0 Å². The van der Waals surface area contributed by atoms with E-state index >= 15 is 0 Å². The molecule has 1 aromatic carbocycles. The van der Waals surface area contributed by atoms with Crippen molar-refractivity contribution in [2.24, 2.45) is 4.99 Å². The molecular formula is C18H29FN4O2. The molecule has 1 aliphatic heterocycles. The highest BCUT2D eigenvalue weighted by Gasteiger charge is 2.23. The van der Waals surface area contributed by atoms with Crippen LogP contribution in [0.5, 0.6) is 0 Å². The average Bonchev–Trinajstić information content (AvgIpc) is 2.62. The van der Waals surface area contributed by atoms with Crippen LogP contribution in [0.4, 0.5) is 4.39 Å². The largest absolute Gasteiger partial charge is 0.383 e. The Labute approximate surface area is 149 Å². The highest BCUT2D eigenvalue weighted by Crippen LogP contribution is 2.22. The van der Waals surface area contributed by atoms with E-state index in [9.17, 15) is 4.39 Å². The zero-order chi connectivity index (χ0) is 18.1. The fourth-order valence-electron chi connectivity index (χ4n) is 2.97. The van der Waals surface area contributed by atoms with E-state index in [0.717, 1.165) is 18.7 Å². The molecule has 6 nitrogen and oxygen atoms in total. The van der Waals surface area contributed by atoms with Gasteiger partial charge in [-0.3, -0.25) is 9.89 Å². The molecule has 2 N–H and O–H groups in total. The zero-order valence-electron chi connectivity index (χ0n) is 15.3. The highest BCUT2D eigenvalue weighted by atomic mass is 19.1. The first-order chi connectivity index (χ1) is 12.1. The second-order valence-electron chi connectivity index (χ2n) is 6.17. The normalized spacial score (nSPS) is 18.6. The van der Waals surface area contributed by atoms with E-state index in [4.69, 9.17) is 9.47 Å². The molecule has 1 heterocycles. The van der Waals surface area contributed by atoms with Crippen molar-refractivity contribution in [3.05, 3.63) is 35.6 Å². The first-order valence-electron chi connectivity index (χ1n) is 8.67. The van der Waals surface area contributed by atoms with Gasteiger partial charge in [-0.1, -0.05) is 12.1 Å². The molecule has 0 aromatic heterocycles. The van der Waals surface area contributed by atoms with E-state index < -0.39 is 0 Å². The molecular weight excluding hydrogens is 323 g/mol. The lowest BCUT2D eigenvalue weighted by Crippen LogP contribution is -2.48. The lowest BCUT2D eigenvalue weighted by molar-refractivity contribution is 0.0169. The molecule has 1 fully saturated rings. The van der Waals surface area contributed by atoms with Crippen molar-refractivity contribution in [1.82, 2.24) is 15.5 Å². The van der Waals surface area contributed by atoms with E-state index in [2.05, 4.69) is 20.5 Å². The molecule has 1 aliphatic rings. The van der Waals surface area contributed by atoms with Crippen molar-refractivity contribution in [1.29, 1.82) is 0 Å². The molecule has 25 heavy (non-hydrogen) atoms. The molecule has 0 spiro atoms. The Morgan fingerprint density at radius 1 is 1.40 bits per heavy atom. The second-order valence-corrected chi connectivity index (χ2v) is 6.17. The number of guanidine groups is 1. The summed E-state index contributed by atoms with van der Waals surface area (Å²) in [5, 5.41) is 6.64. The van der Waals surface area contributed by atoms with Gasteiger partial charge in [0.15, 0.2) is 5.96 Å². The Morgan fingerprint density at radius 2 is 2.16 bits per heavy atom. The van der Waals surface area contributed by atoms with Crippen molar-refractivity contribution in [3.8, 4) is 0 Å². The third kappa shape index (κ3) is 6.26. The van der Waals surface area contributed by atoms with Gasteiger partial charge in [-0.15, -0.1) is 0 Å². The quantitative estimate of drug-likeness (QED) is 0.574. The van der Waals surface area contributed by atoms with E-state index in [0.29, 0.717) is 32.3 Å². The number of hydrogen-bond acceptors (Lipinski definition) is 4. The Bertz CT molecular complexity index is 550. The number of nitrogens with zero attached hydrogens (tertiary/aromatic N) is 2. The standard InChI is InChI=1S/C18H29FN4O2/c1-14(13-24-3)22-18(20-2)21-12-17(23-7-9-25-10-8-23)15-5-4-6-16(19)11-15/h4-6,11,14,17H,7-10,12-13H2,1-3H3,(H2,20,21,22). The molecule has 0 saturated carbocycles. The first kappa shape index (κ1) is 19.6. The topological polar surface area (TPSA) is 58.1 Å². The van der Waals surface area contributed by atoms with E-state index in [1.54, 1.807) is 26.3 Å². The summed E-state index contributed by atoms with van der Waals surface area (Å²) in [6.07, 6.45) is 0. The summed E-state index contributed by atoms with van der Waals surface area (Å²) in [6.45, 7) is 6.31. The maximum atomic E-state index is 13.7. The van der Waals surface area contributed by atoms with Gasteiger partial charge in [0.1, 0.15) is 5.82 Å². The van der Waals surface area contributed by atoms with E-state index in [-0.39, 0.29) is 17.9 Å². The second kappa shape index (κ2) is 10.3. The summed E-state index contributed by atoms with van der Waals surface area (Å²) >= 11 is 0. The van der Waals surface area contributed by atoms with Crippen LogP contribution < -0.4 is 10.6 Å². The maximum absolute atomic E-state index is 13.7. The number of ether oxygens (including phenoxy) is 2. The molecule has 0 aliphatic carbocycles. The van der Waals surface area contributed by atoms with Gasteiger partial charge in [0.2, 0.25) is 0 Å². The Hall–Kier alpha value is -1.70. The molecule has 0 radical (unpaired) electrons. The zero-order valence-corrected chi connectivity index (χ0v) is 15.3. The molecule has 2 unspecified atom stereocenters. The van der Waals surface area contributed by atoms with Crippen LogP contribution in [-0.2, 0) is 9.47 Å². The van der Waals surface area contributed by atoms with Gasteiger partial charge in [0, 0.05) is 39.8 Å². The van der Waals surface area contributed by atoms with Crippen molar-refractivity contribution in [3.63, 3.8) is 0 Å². The van der Waals surface area contributed by atoms with Crippen LogP contribution in [0, 0.1) is 5.82 Å². The molecule has 0 amide bonds. The van der Waals surface area contributed by atoms with Gasteiger partial charge in [-0.25, -0.2) is 4.39 Å². The van der Waals surface area contributed by atoms with Crippen LogP contribution >= 0.6 is 0 Å². The smallest absolute Gasteiger partial charge is 0.191 e. The predicted molar refractivity (Wildman–Crippen MR) is 97.4 cm³/mol. The minimum absolute atomic E-state index is 0.0517. The summed E-state index contributed by atoms with van der Waals surface area (Å²) in [4.78, 5) is 6.58. The summed E-state index contributed by atoms with van der Waals surface area (Å²) in [5.74, 6) is 0.492. The molecule has 1 saturated heterocycles. The Balaban J connectivity index is 2.05. The molecule has 140 valence electrons. The number of methoxy groups -OCH3 is 1. The number of aliphatic imine (C=N–C) groups is 1. The van der Waals surface area contributed by atoms with Crippen molar-refractivity contribution in [2.75, 3.05) is 53.6 Å². The van der Waals surface area contributed by atoms with E-state index in [1.807, 2.05) is 13.0 Å². The van der Waals surface area contributed by atoms with Crippen molar-refractivity contribution < 1.29 is 13.9 Å². The van der Waals surface area contributed by atoms with Crippen LogP contribution in [0.15, 0.2) is 29.3 Å². The summed E-state index contributed by atoms with van der Waals surface area (Å²) < 4.78 is 24.3. The lowest BCUT2D eigenvalue weighted by Gasteiger charge is -2.35. The van der Waals surface area contributed by atoms with Crippen LogP contribution in [0.25, 0.3) is 0 Å². The van der Waals surface area contributed by atoms with Crippen LogP contribution in [-0.4, -0.2) is 70.5 Å². The van der Waals surface area contributed by atoms with Gasteiger partial charge < -0.3 is 20.1 Å². The summed E-state index contributed by atoms with van der Waals surface area (Å²) in [7, 11) is 3.41. The van der Waals surface area contributed by atoms with Crippen LogP contribution in [0.3, 0.4) is 0 Å². The van der Waals surface area contributed by atoms with Gasteiger partial charge in [0.05, 0.1) is 25.9 Å². The molecule has 0 bridgehead atoms. The fourth-order valence-corrected chi connectivity index (χ4v) is 2.97. The van der Waals surface area contributed by atoms with Gasteiger partial charge in [-0.05, 0) is 24.6 Å². The third-order valence-corrected chi connectivity index (χ3v) is 4.21. The fraction of sp³-hybridized carbons (Fsp3) is 0.611. The summed E-state index contributed by atoms with van der Waals surface area (Å²) in [5.41, 5.74) is 0.954. The maximum Gasteiger partial charge on any atom is 0.191 e. The SMILES string of the molecule is CN=C(NCC(c1cccc(F)c1)N1CCOCC1)NC(C)COC. The first-order valence-corrected chi connectivity index (χ1v) is 8.67. The van der Waals surface area contributed by atoms with Crippen LogP contribution in [0.2, 0.25) is 0 Å². The van der Waals surface area contributed by atoms with E-state index in [1.165, 1.54) is 6.07 Å². The minimum atomic E-state index is -0.216. The lowest BCUT2D eigenvalue weighted by atomic mass is 10.0.